The van der Waals surface area contributed by atoms with Crippen LogP contribution < -0.4 is 25.4 Å². The molecule has 6 rings (SSSR count). The Morgan fingerprint density at radius 2 is 1.52 bits per heavy atom. The monoisotopic (exact) mass is 682 g/mol. The van der Waals surface area contributed by atoms with Crippen molar-refractivity contribution >= 4 is 45.5 Å². The third kappa shape index (κ3) is 7.70. The van der Waals surface area contributed by atoms with Gasteiger partial charge in [0.1, 0.15) is 0 Å². The molecule has 0 bridgehead atoms. The zero-order valence-corrected chi connectivity index (χ0v) is 29.4. The maximum Gasteiger partial charge on any atom is 0.257 e. The summed E-state index contributed by atoms with van der Waals surface area (Å²) >= 11 is 0. The molecular weight excluding hydrogens is 636 g/mol. The number of nitrogens with one attached hydrogen (secondary N) is 3. The molecule has 1 aliphatic heterocycles. The summed E-state index contributed by atoms with van der Waals surface area (Å²) < 4.78 is 15.5. The molecule has 0 spiro atoms. The lowest BCUT2D eigenvalue weighted by atomic mass is 9.99. The van der Waals surface area contributed by atoms with Crippen LogP contribution in [0.5, 0.6) is 11.8 Å². The van der Waals surface area contributed by atoms with Gasteiger partial charge in [-0.15, -0.1) is 0 Å². The van der Waals surface area contributed by atoms with Gasteiger partial charge in [-0.2, -0.15) is 20.2 Å². The van der Waals surface area contributed by atoms with Gasteiger partial charge in [0, 0.05) is 37.5 Å². The molecule has 0 aromatic carbocycles. The van der Waals surface area contributed by atoms with Crippen LogP contribution in [0.15, 0.2) is 42.6 Å². The largest absolute Gasteiger partial charge is 0.474 e. The molecule has 0 aliphatic carbocycles. The van der Waals surface area contributed by atoms with Gasteiger partial charge >= 0.3 is 0 Å². The number of nitrogens with zero attached hydrogens (tertiary/aromatic N) is 7. The summed E-state index contributed by atoms with van der Waals surface area (Å²) in [6.45, 7) is 10.1. The zero-order valence-electron chi connectivity index (χ0n) is 29.4. The second-order valence-corrected chi connectivity index (χ2v) is 12.7. The van der Waals surface area contributed by atoms with E-state index >= 15 is 0 Å². The molecule has 264 valence electrons. The molecule has 14 heteroatoms. The topological polar surface area (TPSA) is 163 Å². The lowest BCUT2D eigenvalue weighted by Gasteiger charge is -2.21. The van der Waals surface area contributed by atoms with Gasteiger partial charge in [0.25, 0.3) is 5.91 Å². The van der Waals surface area contributed by atoms with E-state index in [1.165, 1.54) is 0 Å². The second-order valence-electron chi connectivity index (χ2n) is 12.7. The van der Waals surface area contributed by atoms with Gasteiger partial charge in [0.2, 0.25) is 17.7 Å². The average molecular weight is 683 g/mol. The van der Waals surface area contributed by atoms with Gasteiger partial charge in [0.15, 0.2) is 22.9 Å². The van der Waals surface area contributed by atoms with E-state index < -0.39 is 0 Å². The third-order valence-electron chi connectivity index (χ3n) is 9.16. The quantitative estimate of drug-likeness (QED) is 0.137. The SMILES string of the molecule is CCC(CC)Oc1ccc2c(NC(=O)c3ccnc(Cn4nc(NC(=O)C5CCCNC5)c5ccc(OC(CC)CC)nc54)c3)nn(C)c2n1. The van der Waals surface area contributed by atoms with Crippen LogP contribution >= 0.6 is 0 Å². The highest BCUT2D eigenvalue weighted by Crippen LogP contribution is 2.28. The van der Waals surface area contributed by atoms with Crippen molar-refractivity contribution in [1.82, 2.24) is 39.8 Å². The van der Waals surface area contributed by atoms with Crippen molar-refractivity contribution in [2.75, 3.05) is 23.7 Å². The van der Waals surface area contributed by atoms with Gasteiger partial charge in [-0.3, -0.25) is 14.6 Å². The van der Waals surface area contributed by atoms with Crippen molar-refractivity contribution in [2.45, 2.75) is 85.0 Å². The van der Waals surface area contributed by atoms with E-state index in [0.29, 0.717) is 63.3 Å². The van der Waals surface area contributed by atoms with Crippen molar-refractivity contribution in [3.63, 3.8) is 0 Å². The summed E-state index contributed by atoms with van der Waals surface area (Å²) in [7, 11) is 1.78. The van der Waals surface area contributed by atoms with E-state index in [0.717, 1.165) is 45.1 Å². The molecular formula is C36H46N10O4. The molecule has 2 amide bonds. The van der Waals surface area contributed by atoms with Gasteiger partial charge in [-0.05, 0) is 69.3 Å². The Hall–Kier alpha value is -5.11. The fourth-order valence-electron chi connectivity index (χ4n) is 6.16. The normalized spacial score (nSPS) is 14.8. The minimum absolute atomic E-state index is 0.0306. The van der Waals surface area contributed by atoms with Crippen LogP contribution in [0.3, 0.4) is 0 Å². The van der Waals surface area contributed by atoms with Gasteiger partial charge < -0.3 is 25.4 Å². The Bertz CT molecular complexity index is 1960. The highest BCUT2D eigenvalue weighted by Gasteiger charge is 2.24. The summed E-state index contributed by atoms with van der Waals surface area (Å²) in [6, 6.07) is 10.7. The van der Waals surface area contributed by atoms with Crippen molar-refractivity contribution in [2.24, 2.45) is 13.0 Å². The van der Waals surface area contributed by atoms with Gasteiger partial charge in [0.05, 0.1) is 41.1 Å². The van der Waals surface area contributed by atoms with Gasteiger partial charge in [-0.1, -0.05) is 27.7 Å². The number of amides is 2. The molecule has 0 radical (unpaired) electrons. The Labute approximate surface area is 291 Å². The van der Waals surface area contributed by atoms with Crippen molar-refractivity contribution < 1.29 is 19.1 Å². The van der Waals surface area contributed by atoms with E-state index in [4.69, 9.17) is 19.6 Å². The summed E-state index contributed by atoms with van der Waals surface area (Å²) in [4.78, 5) is 40.7. The molecule has 3 N–H and O–H groups in total. The molecule has 14 nitrogen and oxygen atoms in total. The minimum atomic E-state index is -0.343. The Kier molecular flexibility index (Phi) is 10.9. The van der Waals surface area contributed by atoms with Crippen LogP contribution in [0.4, 0.5) is 11.6 Å². The first kappa shape index (κ1) is 34.7. The number of carbonyl (C=O) groups excluding carboxylic acids is 2. The van der Waals surface area contributed by atoms with Crippen molar-refractivity contribution in [3.8, 4) is 11.8 Å². The number of piperidine rings is 1. The summed E-state index contributed by atoms with van der Waals surface area (Å²) in [5.41, 5.74) is 2.13. The number of pyridine rings is 3. The number of rotatable bonds is 14. The highest BCUT2D eigenvalue weighted by molar-refractivity contribution is 6.07. The van der Waals surface area contributed by atoms with E-state index in [2.05, 4.69) is 58.7 Å². The van der Waals surface area contributed by atoms with Crippen LogP contribution in [-0.2, 0) is 18.4 Å². The van der Waals surface area contributed by atoms with Crippen LogP contribution in [0.1, 0.15) is 82.3 Å². The minimum Gasteiger partial charge on any atom is -0.474 e. The second kappa shape index (κ2) is 15.6. The van der Waals surface area contributed by atoms with Crippen LogP contribution in [0.25, 0.3) is 22.1 Å². The summed E-state index contributed by atoms with van der Waals surface area (Å²) in [5, 5.41) is 19.9. The van der Waals surface area contributed by atoms with Gasteiger partial charge in [-0.25, -0.2) is 9.36 Å². The molecule has 1 saturated heterocycles. The standard InChI is InChI=1S/C36H46N10O4/c1-6-25(7-2)49-29-14-12-27-31(43-45(5)33(27)39-29)41-35(47)22-16-18-38-24(19-22)21-46-34-28(13-15-30(40-34)50-26(8-3)9-4)32(44-46)42-36(48)23-11-10-17-37-20-23/h12-16,18-19,23,25-26,37H,6-11,17,20-21H2,1-5H3,(H,41,43,47)(H,42,44,48). The zero-order chi connectivity index (χ0) is 35.2. The van der Waals surface area contributed by atoms with Crippen LogP contribution in [0.2, 0.25) is 0 Å². The third-order valence-corrected chi connectivity index (χ3v) is 9.16. The number of carbonyl (C=O) groups is 2. The van der Waals surface area contributed by atoms with E-state index in [1.807, 2.05) is 18.2 Å². The van der Waals surface area contributed by atoms with E-state index in [9.17, 15) is 9.59 Å². The molecule has 5 aromatic rings. The number of ether oxygens (including phenoxy) is 2. The molecule has 1 aliphatic rings. The number of anilines is 2. The lowest BCUT2D eigenvalue weighted by Crippen LogP contribution is -2.37. The number of aromatic nitrogens is 7. The molecule has 5 aromatic heterocycles. The van der Waals surface area contributed by atoms with Crippen LogP contribution in [-0.4, -0.2) is 71.6 Å². The molecule has 6 heterocycles. The number of aryl methyl sites for hydroxylation is 1. The average Bonchev–Trinajstić information content (AvgIpc) is 3.64. The number of fused-ring (bicyclic) bond motifs is 2. The predicted molar refractivity (Wildman–Crippen MR) is 192 cm³/mol. The molecule has 50 heavy (non-hydrogen) atoms. The lowest BCUT2D eigenvalue weighted by molar-refractivity contribution is -0.120. The number of hydrogen-bond acceptors (Lipinski definition) is 10. The number of hydrogen-bond donors (Lipinski definition) is 3. The maximum absolute atomic E-state index is 13.5. The van der Waals surface area contributed by atoms with E-state index in [-0.39, 0.29) is 36.5 Å². The van der Waals surface area contributed by atoms with Crippen molar-refractivity contribution in [1.29, 1.82) is 0 Å². The fraction of sp³-hybridized carbons (Fsp3) is 0.472. The van der Waals surface area contributed by atoms with Crippen LogP contribution in [0, 0.1) is 5.92 Å². The molecule has 1 fully saturated rings. The molecule has 0 saturated carbocycles. The Morgan fingerprint density at radius 1 is 0.880 bits per heavy atom. The summed E-state index contributed by atoms with van der Waals surface area (Å²) in [5.74, 6) is 1.27. The Morgan fingerprint density at radius 3 is 2.16 bits per heavy atom. The van der Waals surface area contributed by atoms with E-state index in [1.54, 1.807) is 40.8 Å². The molecule has 1 unspecified atom stereocenters. The fourth-order valence-corrected chi connectivity index (χ4v) is 6.16. The van der Waals surface area contributed by atoms with Crippen molar-refractivity contribution in [3.05, 3.63) is 53.9 Å². The first-order valence-corrected chi connectivity index (χ1v) is 17.6. The first-order valence-electron chi connectivity index (χ1n) is 17.6. The predicted octanol–water partition coefficient (Wildman–Crippen LogP) is 5.48. The Balaban J connectivity index is 1.24. The first-order chi connectivity index (χ1) is 24.3. The highest BCUT2D eigenvalue weighted by atomic mass is 16.5. The maximum atomic E-state index is 13.5. The molecule has 1 atom stereocenters. The summed E-state index contributed by atoms with van der Waals surface area (Å²) in [6.07, 6.45) is 6.93. The smallest absolute Gasteiger partial charge is 0.257 e.